The lowest BCUT2D eigenvalue weighted by atomic mass is 10.1. The highest BCUT2D eigenvalue weighted by molar-refractivity contribution is 7.92. The Kier molecular flexibility index (Phi) is 6.22. The Labute approximate surface area is 199 Å². The van der Waals surface area contributed by atoms with Crippen LogP contribution in [0.1, 0.15) is 46.7 Å². The lowest BCUT2D eigenvalue weighted by Crippen LogP contribution is -2.18. The number of nitrogens with one attached hydrogen (secondary N) is 2. The number of nitrogens with zero attached hydrogens (tertiary/aromatic N) is 2. The highest BCUT2D eigenvalue weighted by Crippen LogP contribution is 2.28. The van der Waals surface area contributed by atoms with E-state index in [1.165, 1.54) is 17.7 Å². The van der Waals surface area contributed by atoms with Gasteiger partial charge in [-0.2, -0.15) is 0 Å². The number of sulfonamides is 1. The molecule has 0 bridgehead atoms. The van der Waals surface area contributed by atoms with Crippen molar-refractivity contribution >= 4 is 38.4 Å². The van der Waals surface area contributed by atoms with E-state index in [9.17, 15) is 13.2 Å². The topological polar surface area (TPSA) is 106 Å². The van der Waals surface area contributed by atoms with Crippen molar-refractivity contribution in [1.82, 2.24) is 9.72 Å². The quantitative estimate of drug-likeness (QED) is 0.379. The van der Waals surface area contributed by atoms with Crippen LogP contribution in [-0.4, -0.2) is 24.0 Å². The second-order valence-corrected chi connectivity index (χ2v) is 9.91. The van der Waals surface area contributed by atoms with Crippen LogP contribution in [0.4, 0.5) is 11.6 Å². The molecule has 178 valence electrons. The summed E-state index contributed by atoms with van der Waals surface area (Å²) in [4.78, 5) is 13.3. The van der Waals surface area contributed by atoms with Gasteiger partial charge in [0.15, 0.2) is 0 Å². The Morgan fingerprint density at radius 1 is 1.03 bits per heavy atom. The number of fused-ring (bicyclic) bond motifs is 1. The first kappa shape index (κ1) is 23.6. The second-order valence-electron chi connectivity index (χ2n) is 8.23. The van der Waals surface area contributed by atoms with Gasteiger partial charge in [0.2, 0.25) is 5.88 Å². The van der Waals surface area contributed by atoms with Crippen molar-refractivity contribution in [3.8, 4) is 0 Å². The van der Waals surface area contributed by atoms with Gasteiger partial charge in [0.1, 0.15) is 5.69 Å². The molecule has 1 amide bonds. The van der Waals surface area contributed by atoms with Crippen LogP contribution < -0.4 is 10.0 Å². The monoisotopic (exact) mass is 480 g/mol. The van der Waals surface area contributed by atoms with Gasteiger partial charge in [-0.3, -0.25) is 4.79 Å². The van der Waals surface area contributed by atoms with Gasteiger partial charge in [-0.15, -0.1) is 0 Å². The van der Waals surface area contributed by atoms with Gasteiger partial charge in [0.05, 0.1) is 10.6 Å². The molecule has 0 saturated heterocycles. The molecule has 2 aromatic carbocycles. The maximum atomic E-state index is 13.2. The molecule has 2 aromatic heterocycles. The smallest absolute Gasteiger partial charge is 0.272 e. The Balaban J connectivity index is 1.58. The lowest BCUT2D eigenvalue weighted by Gasteiger charge is -2.11. The molecule has 9 heteroatoms. The average Bonchev–Trinajstić information content (AvgIpc) is 3.29. The van der Waals surface area contributed by atoms with Crippen molar-refractivity contribution in [2.75, 3.05) is 10.0 Å². The number of aryl methyl sites for hydroxylation is 4. The minimum absolute atomic E-state index is 0.0462. The summed E-state index contributed by atoms with van der Waals surface area (Å²) >= 11 is 0. The van der Waals surface area contributed by atoms with Crippen LogP contribution in [0.15, 0.2) is 51.9 Å². The number of hydrogen-bond donors (Lipinski definition) is 2. The molecule has 4 aromatic rings. The van der Waals surface area contributed by atoms with E-state index in [0.29, 0.717) is 29.2 Å². The number of hydrogen-bond acceptors (Lipinski definition) is 5. The van der Waals surface area contributed by atoms with Crippen molar-refractivity contribution in [2.45, 2.75) is 52.5 Å². The Morgan fingerprint density at radius 3 is 2.32 bits per heavy atom. The number of carbonyl (C=O) groups is 1. The summed E-state index contributed by atoms with van der Waals surface area (Å²) in [6.07, 6.45) is 0.925. The van der Waals surface area contributed by atoms with Gasteiger partial charge in [-0.1, -0.05) is 18.1 Å². The zero-order valence-corrected chi connectivity index (χ0v) is 20.7. The van der Waals surface area contributed by atoms with Crippen molar-refractivity contribution in [1.29, 1.82) is 0 Å². The standard InChI is InChI=1S/C25H28N4O4S/c1-6-18-8-13-22-21(14-18)16(4)23(29(22)7-2)24(30)26-19-9-11-20(12-10-19)34(31,32)28-25-15(3)17(5)27-33-25/h8-14,28H,6-7H2,1-5H3,(H,26,30). The molecule has 0 radical (unpaired) electrons. The van der Waals surface area contributed by atoms with Crippen LogP contribution >= 0.6 is 0 Å². The van der Waals surface area contributed by atoms with E-state index in [1.807, 2.05) is 18.4 Å². The molecule has 0 unspecified atom stereocenters. The van der Waals surface area contributed by atoms with E-state index in [2.05, 4.69) is 40.3 Å². The van der Waals surface area contributed by atoms with E-state index >= 15 is 0 Å². The highest BCUT2D eigenvalue weighted by atomic mass is 32.2. The van der Waals surface area contributed by atoms with Gasteiger partial charge in [-0.25, -0.2) is 13.1 Å². The van der Waals surface area contributed by atoms with Crippen molar-refractivity contribution < 1.29 is 17.7 Å². The predicted octanol–water partition coefficient (Wildman–Crippen LogP) is 5.19. The molecule has 0 fully saturated rings. The predicted molar refractivity (Wildman–Crippen MR) is 133 cm³/mol. The van der Waals surface area contributed by atoms with Crippen LogP contribution in [-0.2, 0) is 23.0 Å². The number of anilines is 2. The molecule has 0 aliphatic rings. The third-order valence-corrected chi connectivity index (χ3v) is 7.47. The van der Waals surface area contributed by atoms with Crippen LogP contribution in [0.3, 0.4) is 0 Å². The number of aromatic nitrogens is 2. The summed E-state index contributed by atoms with van der Waals surface area (Å²) in [5.74, 6) is -0.154. The molecular formula is C25H28N4O4S. The summed E-state index contributed by atoms with van der Waals surface area (Å²) in [6.45, 7) is 10.2. The van der Waals surface area contributed by atoms with Crippen LogP contribution in [0.2, 0.25) is 0 Å². The SMILES string of the molecule is CCc1ccc2c(c1)c(C)c(C(=O)Nc1ccc(S(=O)(=O)Nc3onc(C)c3C)cc1)n2CC. The van der Waals surface area contributed by atoms with Gasteiger partial charge >= 0.3 is 0 Å². The van der Waals surface area contributed by atoms with E-state index in [1.54, 1.807) is 26.0 Å². The van der Waals surface area contributed by atoms with Gasteiger partial charge in [0.25, 0.3) is 15.9 Å². The number of rotatable bonds is 7. The molecule has 34 heavy (non-hydrogen) atoms. The molecule has 4 rings (SSSR count). The first-order valence-corrected chi connectivity index (χ1v) is 12.6. The van der Waals surface area contributed by atoms with Crippen molar-refractivity contribution in [2.24, 2.45) is 0 Å². The molecule has 0 aliphatic carbocycles. The third-order valence-electron chi connectivity index (χ3n) is 6.13. The maximum absolute atomic E-state index is 13.2. The van der Waals surface area contributed by atoms with Crippen LogP contribution in [0.5, 0.6) is 0 Å². The molecule has 2 N–H and O–H groups in total. The lowest BCUT2D eigenvalue weighted by molar-refractivity contribution is 0.101. The zero-order chi connectivity index (χ0) is 24.6. The fraction of sp³-hybridized carbons (Fsp3) is 0.280. The van der Waals surface area contributed by atoms with Gasteiger partial charge < -0.3 is 14.4 Å². The number of carbonyl (C=O) groups excluding carboxylic acids is 1. The molecule has 0 atom stereocenters. The summed E-state index contributed by atoms with van der Waals surface area (Å²) in [5.41, 5.74) is 5.50. The van der Waals surface area contributed by atoms with Crippen molar-refractivity contribution in [3.63, 3.8) is 0 Å². The zero-order valence-electron chi connectivity index (χ0n) is 19.9. The molecule has 8 nitrogen and oxygen atoms in total. The van der Waals surface area contributed by atoms with Crippen molar-refractivity contribution in [3.05, 3.63) is 70.5 Å². The molecule has 2 heterocycles. The van der Waals surface area contributed by atoms with E-state index in [-0.39, 0.29) is 16.7 Å². The third kappa shape index (κ3) is 4.19. The molecular weight excluding hydrogens is 452 g/mol. The minimum Gasteiger partial charge on any atom is -0.337 e. The summed E-state index contributed by atoms with van der Waals surface area (Å²) in [7, 11) is -3.86. The van der Waals surface area contributed by atoms with E-state index in [4.69, 9.17) is 4.52 Å². The Hall–Kier alpha value is -3.59. The highest BCUT2D eigenvalue weighted by Gasteiger charge is 2.21. The first-order valence-electron chi connectivity index (χ1n) is 11.1. The van der Waals surface area contributed by atoms with Crippen LogP contribution in [0, 0.1) is 20.8 Å². The van der Waals surface area contributed by atoms with Gasteiger partial charge in [0, 0.05) is 28.7 Å². The fourth-order valence-corrected chi connectivity index (χ4v) is 5.06. The van der Waals surface area contributed by atoms with Gasteiger partial charge in [-0.05, 0) is 81.6 Å². The second kappa shape index (κ2) is 8.98. The first-order chi connectivity index (χ1) is 16.2. The summed E-state index contributed by atoms with van der Waals surface area (Å²) < 4.78 is 34.9. The maximum Gasteiger partial charge on any atom is 0.272 e. The summed E-state index contributed by atoms with van der Waals surface area (Å²) in [6, 6.07) is 12.3. The van der Waals surface area contributed by atoms with E-state index < -0.39 is 10.0 Å². The number of amides is 1. The Morgan fingerprint density at radius 2 is 1.74 bits per heavy atom. The fourth-order valence-electron chi connectivity index (χ4n) is 4.01. The van der Waals surface area contributed by atoms with E-state index in [0.717, 1.165) is 22.9 Å². The average molecular weight is 481 g/mol. The van der Waals surface area contributed by atoms with Crippen LogP contribution in [0.25, 0.3) is 10.9 Å². The normalized spacial score (nSPS) is 11.7. The Bertz CT molecular complexity index is 1480. The molecule has 0 aliphatic heterocycles. The molecule has 0 spiro atoms. The minimum atomic E-state index is -3.86. The number of benzene rings is 2. The largest absolute Gasteiger partial charge is 0.337 e. The molecule has 0 saturated carbocycles. The summed E-state index contributed by atoms with van der Waals surface area (Å²) in [5, 5.41) is 7.73.